The van der Waals surface area contributed by atoms with E-state index in [4.69, 9.17) is 0 Å². The highest BCUT2D eigenvalue weighted by molar-refractivity contribution is 6.01. The summed E-state index contributed by atoms with van der Waals surface area (Å²) in [6.45, 7) is 10.0. The second-order valence-corrected chi connectivity index (χ2v) is 4.30. The average Bonchev–Trinajstić information content (AvgIpc) is 2.63. The van der Waals surface area contributed by atoms with E-state index in [2.05, 4.69) is 42.4 Å². The van der Waals surface area contributed by atoms with E-state index in [9.17, 15) is 0 Å². The van der Waals surface area contributed by atoms with Crippen molar-refractivity contribution in [3.8, 4) is 11.1 Å². The van der Waals surface area contributed by atoms with Crippen molar-refractivity contribution in [2.75, 3.05) is 0 Å². The molecule has 1 aromatic heterocycles. The van der Waals surface area contributed by atoms with Gasteiger partial charge in [-0.15, -0.1) is 0 Å². The van der Waals surface area contributed by atoms with Gasteiger partial charge in [-0.3, -0.25) is 4.98 Å². The van der Waals surface area contributed by atoms with E-state index in [1.165, 1.54) is 16.7 Å². The molecule has 1 heteroatoms. The molecule has 0 fully saturated rings. The topological polar surface area (TPSA) is 12.9 Å². The van der Waals surface area contributed by atoms with Crippen LogP contribution in [0.15, 0.2) is 43.5 Å². The standard InChI is InChI=1S/C16H13N/c1-4-12-6-5-7-13-14-9-8-10(2)17-16(14)11(3)15(12)13/h4-9H,1,3H2,2H3. The maximum absolute atomic E-state index is 4.59. The second kappa shape index (κ2) is 3.42. The van der Waals surface area contributed by atoms with Crippen molar-refractivity contribution in [1.29, 1.82) is 0 Å². The summed E-state index contributed by atoms with van der Waals surface area (Å²) in [4.78, 5) is 4.59. The van der Waals surface area contributed by atoms with Gasteiger partial charge in [0.25, 0.3) is 0 Å². The highest BCUT2D eigenvalue weighted by Crippen LogP contribution is 2.44. The van der Waals surface area contributed by atoms with Crippen LogP contribution in [0.2, 0.25) is 0 Å². The van der Waals surface area contributed by atoms with Crippen molar-refractivity contribution in [2.24, 2.45) is 0 Å². The predicted molar refractivity (Wildman–Crippen MR) is 72.6 cm³/mol. The van der Waals surface area contributed by atoms with Gasteiger partial charge in [0.15, 0.2) is 0 Å². The van der Waals surface area contributed by atoms with Crippen LogP contribution < -0.4 is 0 Å². The molecule has 0 atom stereocenters. The molecule has 0 aliphatic heterocycles. The van der Waals surface area contributed by atoms with Crippen molar-refractivity contribution < 1.29 is 0 Å². The van der Waals surface area contributed by atoms with Crippen molar-refractivity contribution in [2.45, 2.75) is 6.92 Å². The fraction of sp³-hybridized carbons (Fsp3) is 0.0625. The Labute approximate surface area is 101 Å². The normalized spacial score (nSPS) is 12.2. The van der Waals surface area contributed by atoms with Gasteiger partial charge in [-0.2, -0.15) is 0 Å². The van der Waals surface area contributed by atoms with E-state index in [1.54, 1.807) is 0 Å². The van der Waals surface area contributed by atoms with Crippen LogP contribution >= 0.6 is 0 Å². The molecular formula is C16H13N. The van der Waals surface area contributed by atoms with Crippen molar-refractivity contribution in [1.82, 2.24) is 4.98 Å². The van der Waals surface area contributed by atoms with Crippen LogP contribution in [0.3, 0.4) is 0 Å². The summed E-state index contributed by atoms with van der Waals surface area (Å²) in [6.07, 6.45) is 1.88. The molecule has 0 saturated carbocycles. The minimum absolute atomic E-state index is 1.01. The van der Waals surface area contributed by atoms with Crippen LogP contribution in [0.5, 0.6) is 0 Å². The van der Waals surface area contributed by atoms with Crippen molar-refractivity contribution in [3.63, 3.8) is 0 Å². The molecule has 0 radical (unpaired) electrons. The highest BCUT2D eigenvalue weighted by Gasteiger charge is 2.24. The van der Waals surface area contributed by atoms with Gasteiger partial charge in [-0.1, -0.05) is 43.5 Å². The summed E-state index contributed by atoms with van der Waals surface area (Å²) in [5.41, 5.74) is 7.74. The summed E-state index contributed by atoms with van der Waals surface area (Å²) in [5, 5.41) is 0. The minimum atomic E-state index is 1.01. The van der Waals surface area contributed by atoms with E-state index < -0.39 is 0 Å². The lowest BCUT2D eigenvalue weighted by molar-refractivity contribution is 1.18. The molecule has 3 rings (SSSR count). The molecule has 0 bridgehead atoms. The molecule has 0 spiro atoms. The Bertz CT molecular complexity index is 651. The maximum Gasteiger partial charge on any atom is 0.0784 e. The lowest BCUT2D eigenvalue weighted by Gasteiger charge is -2.04. The first kappa shape index (κ1) is 10.0. The molecule has 1 nitrogen and oxygen atoms in total. The SMILES string of the molecule is C=Cc1cccc2c1C(=C)c1nc(C)ccc1-2. The van der Waals surface area contributed by atoms with Crippen LogP contribution in [-0.2, 0) is 0 Å². The Morgan fingerprint density at radius 2 is 1.94 bits per heavy atom. The number of hydrogen-bond donors (Lipinski definition) is 0. The first-order valence-corrected chi connectivity index (χ1v) is 5.65. The van der Waals surface area contributed by atoms with Crippen molar-refractivity contribution >= 4 is 11.6 Å². The third-order valence-corrected chi connectivity index (χ3v) is 3.23. The summed E-state index contributed by atoms with van der Waals surface area (Å²) in [7, 11) is 0. The quantitative estimate of drug-likeness (QED) is 0.601. The molecule has 1 aliphatic carbocycles. The summed E-state index contributed by atoms with van der Waals surface area (Å²) in [5.74, 6) is 0. The van der Waals surface area contributed by atoms with Crippen LogP contribution in [0.25, 0.3) is 22.8 Å². The number of pyridine rings is 1. The van der Waals surface area contributed by atoms with Gasteiger partial charge < -0.3 is 0 Å². The number of benzene rings is 1. The lowest BCUT2D eigenvalue weighted by atomic mass is 10.00. The Hall–Kier alpha value is -2.15. The number of nitrogens with zero attached hydrogens (tertiary/aromatic N) is 1. The van der Waals surface area contributed by atoms with E-state index in [0.29, 0.717) is 0 Å². The van der Waals surface area contributed by atoms with Gasteiger partial charge in [0.2, 0.25) is 0 Å². The monoisotopic (exact) mass is 219 g/mol. The number of rotatable bonds is 1. The zero-order valence-electron chi connectivity index (χ0n) is 9.83. The molecule has 1 heterocycles. The summed E-state index contributed by atoms with van der Waals surface area (Å²) in [6, 6.07) is 10.4. The second-order valence-electron chi connectivity index (χ2n) is 4.30. The molecule has 0 amide bonds. The Morgan fingerprint density at radius 3 is 2.71 bits per heavy atom. The van der Waals surface area contributed by atoms with Gasteiger partial charge >= 0.3 is 0 Å². The molecule has 0 N–H and O–H groups in total. The number of hydrogen-bond acceptors (Lipinski definition) is 1. The van der Waals surface area contributed by atoms with Crippen LogP contribution in [0.1, 0.15) is 22.5 Å². The average molecular weight is 219 g/mol. The predicted octanol–water partition coefficient (Wildman–Crippen LogP) is 4.07. The molecular weight excluding hydrogens is 206 g/mol. The number of fused-ring (bicyclic) bond motifs is 3. The van der Waals surface area contributed by atoms with E-state index >= 15 is 0 Å². The maximum atomic E-state index is 4.59. The van der Waals surface area contributed by atoms with Gasteiger partial charge in [0.05, 0.1) is 5.69 Å². The van der Waals surface area contributed by atoms with E-state index in [1.807, 2.05) is 19.1 Å². The van der Waals surface area contributed by atoms with Crippen LogP contribution in [0.4, 0.5) is 0 Å². The Morgan fingerprint density at radius 1 is 1.12 bits per heavy atom. The molecule has 0 saturated heterocycles. The molecule has 17 heavy (non-hydrogen) atoms. The van der Waals surface area contributed by atoms with Crippen molar-refractivity contribution in [3.05, 3.63) is 66.0 Å². The summed E-state index contributed by atoms with van der Waals surface area (Å²) < 4.78 is 0. The zero-order valence-corrected chi connectivity index (χ0v) is 9.83. The lowest BCUT2D eigenvalue weighted by Crippen LogP contribution is -1.88. The fourth-order valence-corrected chi connectivity index (χ4v) is 2.42. The summed E-state index contributed by atoms with van der Waals surface area (Å²) >= 11 is 0. The highest BCUT2D eigenvalue weighted by atomic mass is 14.7. The molecule has 1 aliphatic rings. The zero-order chi connectivity index (χ0) is 12.0. The Kier molecular flexibility index (Phi) is 2.02. The van der Waals surface area contributed by atoms with Gasteiger partial charge in [0.1, 0.15) is 0 Å². The third kappa shape index (κ3) is 1.29. The molecule has 2 aromatic rings. The van der Waals surface area contributed by atoms with E-state index in [0.717, 1.165) is 22.5 Å². The number of aryl methyl sites for hydroxylation is 1. The van der Waals surface area contributed by atoms with E-state index in [-0.39, 0.29) is 0 Å². The minimum Gasteiger partial charge on any atom is -0.252 e. The smallest absolute Gasteiger partial charge is 0.0784 e. The largest absolute Gasteiger partial charge is 0.252 e. The number of aromatic nitrogens is 1. The van der Waals surface area contributed by atoms with Gasteiger partial charge in [0, 0.05) is 16.8 Å². The molecule has 82 valence electrons. The van der Waals surface area contributed by atoms with Gasteiger partial charge in [-0.25, -0.2) is 0 Å². The Balaban J connectivity index is 2.38. The first-order valence-electron chi connectivity index (χ1n) is 5.65. The first-order chi connectivity index (χ1) is 8.22. The van der Waals surface area contributed by atoms with Crippen LogP contribution in [-0.4, -0.2) is 4.98 Å². The van der Waals surface area contributed by atoms with Gasteiger partial charge in [-0.05, 0) is 29.7 Å². The van der Waals surface area contributed by atoms with Crippen LogP contribution in [0, 0.1) is 6.92 Å². The molecule has 0 unspecified atom stereocenters. The fourth-order valence-electron chi connectivity index (χ4n) is 2.42. The third-order valence-electron chi connectivity index (χ3n) is 3.23. The molecule has 1 aromatic carbocycles.